The van der Waals surface area contributed by atoms with Crippen LogP contribution in [0, 0.1) is 5.92 Å². The predicted molar refractivity (Wildman–Crippen MR) is 76.4 cm³/mol. The summed E-state index contributed by atoms with van der Waals surface area (Å²) in [5.74, 6) is 1.04. The standard InChI is InChI=1S/C14H26BrNO/c1-2-3-4-5-6-7-8-14(17)16-11-13(15)12-9-10-12/h12-13H,2-11H2,1H3,(H,16,17). The van der Waals surface area contributed by atoms with E-state index in [0.717, 1.165) is 18.9 Å². The minimum absolute atomic E-state index is 0.227. The van der Waals surface area contributed by atoms with Gasteiger partial charge in [0.2, 0.25) is 5.91 Å². The number of unbranched alkanes of at least 4 members (excludes halogenated alkanes) is 5. The molecule has 1 amide bonds. The van der Waals surface area contributed by atoms with Crippen molar-refractivity contribution in [2.45, 2.75) is 69.5 Å². The van der Waals surface area contributed by atoms with Crippen LogP contribution in [-0.2, 0) is 4.79 Å². The number of amides is 1. The summed E-state index contributed by atoms with van der Waals surface area (Å²) in [5.41, 5.74) is 0. The van der Waals surface area contributed by atoms with Gasteiger partial charge in [0.25, 0.3) is 0 Å². The van der Waals surface area contributed by atoms with Crippen LogP contribution in [-0.4, -0.2) is 17.3 Å². The number of halogens is 1. The minimum atomic E-state index is 0.227. The molecule has 0 heterocycles. The van der Waals surface area contributed by atoms with Crippen molar-refractivity contribution in [1.29, 1.82) is 0 Å². The quantitative estimate of drug-likeness (QED) is 0.479. The highest BCUT2D eigenvalue weighted by Gasteiger charge is 2.29. The number of nitrogens with one attached hydrogen (secondary N) is 1. The van der Waals surface area contributed by atoms with Gasteiger partial charge in [-0.2, -0.15) is 0 Å². The molecule has 1 atom stereocenters. The fourth-order valence-electron chi connectivity index (χ4n) is 1.99. The smallest absolute Gasteiger partial charge is 0.220 e. The van der Waals surface area contributed by atoms with Gasteiger partial charge in [0.15, 0.2) is 0 Å². The first kappa shape index (κ1) is 15.0. The molecule has 0 bridgehead atoms. The molecule has 0 aromatic carbocycles. The molecule has 1 aliphatic carbocycles. The molecule has 0 spiro atoms. The summed E-state index contributed by atoms with van der Waals surface area (Å²) in [6, 6.07) is 0. The maximum absolute atomic E-state index is 11.5. The molecule has 17 heavy (non-hydrogen) atoms. The first-order valence-electron chi connectivity index (χ1n) is 7.14. The van der Waals surface area contributed by atoms with Gasteiger partial charge in [0, 0.05) is 17.8 Å². The molecular weight excluding hydrogens is 278 g/mol. The van der Waals surface area contributed by atoms with Crippen molar-refractivity contribution in [2.24, 2.45) is 5.92 Å². The lowest BCUT2D eigenvalue weighted by molar-refractivity contribution is -0.121. The molecule has 1 fully saturated rings. The van der Waals surface area contributed by atoms with Crippen LogP contribution in [0.1, 0.15) is 64.7 Å². The van der Waals surface area contributed by atoms with E-state index in [9.17, 15) is 4.79 Å². The van der Waals surface area contributed by atoms with Crippen LogP contribution in [0.4, 0.5) is 0 Å². The van der Waals surface area contributed by atoms with E-state index < -0.39 is 0 Å². The zero-order valence-electron chi connectivity index (χ0n) is 11.0. The highest BCUT2D eigenvalue weighted by atomic mass is 79.9. The molecule has 1 N–H and O–H groups in total. The van der Waals surface area contributed by atoms with Crippen molar-refractivity contribution in [3.8, 4) is 0 Å². The number of rotatable bonds is 10. The van der Waals surface area contributed by atoms with Gasteiger partial charge in [-0.1, -0.05) is 55.0 Å². The van der Waals surface area contributed by atoms with Gasteiger partial charge in [-0.05, 0) is 25.2 Å². The zero-order chi connectivity index (χ0) is 12.5. The van der Waals surface area contributed by atoms with Gasteiger partial charge >= 0.3 is 0 Å². The molecule has 1 rings (SSSR count). The second-order valence-electron chi connectivity index (χ2n) is 5.18. The van der Waals surface area contributed by atoms with Crippen molar-refractivity contribution in [1.82, 2.24) is 5.32 Å². The Morgan fingerprint density at radius 3 is 2.53 bits per heavy atom. The lowest BCUT2D eigenvalue weighted by Gasteiger charge is -2.09. The van der Waals surface area contributed by atoms with Crippen LogP contribution < -0.4 is 5.32 Å². The molecule has 100 valence electrons. The highest BCUT2D eigenvalue weighted by molar-refractivity contribution is 9.09. The monoisotopic (exact) mass is 303 g/mol. The molecule has 1 unspecified atom stereocenters. The van der Waals surface area contributed by atoms with Crippen LogP contribution in [0.3, 0.4) is 0 Å². The Labute approximate surface area is 114 Å². The van der Waals surface area contributed by atoms with Crippen LogP contribution in [0.2, 0.25) is 0 Å². The fourth-order valence-corrected chi connectivity index (χ4v) is 2.68. The van der Waals surface area contributed by atoms with Crippen LogP contribution >= 0.6 is 15.9 Å². The summed E-state index contributed by atoms with van der Waals surface area (Å²) in [6.45, 7) is 3.03. The van der Waals surface area contributed by atoms with E-state index in [2.05, 4.69) is 28.2 Å². The van der Waals surface area contributed by atoms with Crippen molar-refractivity contribution >= 4 is 21.8 Å². The molecule has 3 heteroatoms. The van der Waals surface area contributed by atoms with E-state index in [-0.39, 0.29) is 5.91 Å². The molecule has 1 saturated carbocycles. The van der Waals surface area contributed by atoms with Crippen molar-refractivity contribution < 1.29 is 4.79 Å². The second-order valence-corrected chi connectivity index (χ2v) is 6.35. The number of hydrogen-bond donors (Lipinski definition) is 1. The maximum atomic E-state index is 11.5. The predicted octanol–water partition coefficient (Wildman–Crippen LogP) is 4.03. The number of carbonyl (C=O) groups excluding carboxylic acids is 1. The Balaban J connectivity index is 1.86. The zero-order valence-corrected chi connectivity index (χ0v) is 12.6. The topological polar surface area (TPSA) is 29.1 Å². The van der Waals surface area contributed by atoms with E-state index in [1.165, 1.54) is 44.9 Å². The average molecular weight is 304 g/mol. The Morgan fingerprint density at radius 1 is 1.24 bits per heavy atom. The number of carbonyl (C=O) groups is 1. The van der Waals surface area contributed by atoms with E-state index in [1.54, 1.807) is 0 Å². The normalized spacial score (nSPS) is 16.8. The summed E-state index contributed by atoms with van der Waals surface area (Å²) >= 11 is 3.63. The molecule has 0 radical (unpaired) electrons. The van der Waals surface area contributed by atoms with E-state index in [4.69, 9.17) is 0 Å². The Bertz CT molecular complexity index is 216. The molecule has 1 aliphatic rings. The maximum Gasteiger partial charge on any atom is 0.220 e. The third-order valence-electron chi connectivity index (χ3n) is 3.39. The second kappa shape index (κ2) is 8.96. The lowest BCUT2D eigenvalue weighted by atomic mass is 10.1. The summed E-state index contributed by atoms with van der Waals surface area (Å²) in [6.07, 6.45) is 10.8. The van der Waals surface area contributed by atoms with Gasteiger partial charge in [-0.3, -0.25) is 4.79 Å². The van der Waals surface area contributed by atoms with E-state index >= 15 is 0 Å². The summed E-state index contributed by atoms with van der Waals surface area (Å²) in [5, 5.41) is 3.02. The highest BCUT2D eigenvalue weighted by Crippen LogP contribution is 2.36. The molecular formula is C14H26BrNO. The van der Waals surface area contributed by atoms with Crippen molar-refractivity contribution in [3.05, 3.63) is 0 Å². The first-order valence-corrected chi connectivity index (χ1v) is 8.06. The van der Waals surface area contributed by atoms with Gasteiger partial charge in [0.05, 0.1) is 0 Å². The molecule has 2 nitrogen and oxygen atoms in total. The van der Waals surface area contributed by atoms with E-state index in [0.29, 0.717) is 11.2 Å². The van der Waals surface area contributed by atoms with Crippen LogP contribution in [0.15, 0.2) is 0 Å². The van der Waals surface area contributed by atoms with Crippen LogP contribution in [0.5, 0.6) is 0 Å². The third-order valence-corrected chi connectivity index (χ3v) is 4.46. The largest absolute Gasteiger partial charge is 0.355 e. The fraction of sp³-hybridized carbons (Fsp3) is 0.929. The van der Waals surface area contributed by atoms with Gasteiger partial charge in [0.1, 0.15) is 0 Å². The summed E-state index contributed by atoms with van der Waals surface area (Å²) in [7, 11) is 0. The molecule has 0 aliphatic heterocycles. The number of alkyl halides is 1. The number of hydrogen-bond acceptors (Lipinski definition) is 1. The molecule has 0 aromatic heterocycles. The average Bonchev–Trinajstić information content (AvgIpc) is 3.14. The van der Waals surface area contributed by atoms with Crippen molar-refractivity contribution in [3.63, 3.8) is 0 Å². The van der Waals surface area contributed by atoms with Crippen LogP contribution in [0.25, 0.3) is 0 Å². The molecule has 0 aromatic rings. The SMILES string of the molecule is CCCCCCCCC(=O)NCC(Br)C1CC1. The van der Waals surface area contributed by atoms with Gasteiger partial charge < -0.3 is 5.32 Å². The van der Waals surface area contributed by atoms with E-state index in [1.807, 2.05) is 0 Å². The van der Waals surface area contributed by atoms with Gasteiger partial charge in [-0.25, -0.2) is 0 Å². The minimum Gasteiger partial charge on any atom is -0.355 e. The third kappa shape index (κ3) is 7.80. The summed E-state index contributed by atoms with van der Waals surface area (Å²) < 4.78 is 0. The first-order chi connectivity index (χ1) is 8.24. The van der Waals surface area contributed by atoms with Gasteiger partial charge in [-0.15, -0.1) is 0 Å². The van der Waals surface area contributed by atoms with Crippen molar-refractivity contribution in [2.75, 3.05) is 6.54 Å². The summed E-state index contributed by atoms with van der Waals surface area (Å²) in [4.78, 5) is 12.0. The Kier molecular flexibility index (Phi) is 7.91. The Morgan fingerprint density at radius 2 is 1.88 bits per heavy atom. The Hall–Kier alpha value is -0.0500. The lowest BCUT2D eigenvalue weighted by Crippen LogP contribution is -2.30. The molecule has 0 saturated heterocycles.